The fourth-order valence-electron chi connectivity index (χ4n) is 1.46. The Bertz CT molecular complexity index is 118. The second-order valence-corrected chi connectivity index (χ2v) is 6.92. The molecule has 13 heavy (non-hydrogen) atoms. The van der Waals surface area contributed by atoms with Crippen molar-refractivity contribution in [1.82, 2.24) is 0 Å². The Kier molecular flexibility index (Phi) is 6.74. The van der Waals surface area contributed by atoms with Crippen LogP contribution in [0.2, 0.25) is 6.04 Å². The average molecular weight is 220 g/mol. The van der Waals surface area contributed by atoms with Gasteiger partial charge in [-0.1, -0.05) is 45.4 Å². The quantitative estimate of drug-likeness (QED) is 0.370. The van der Waals surface area contributed by atoms with Crippen molar-refractivity contribution in [1.29, 1.82) is 0 Å². The van der Waals surface area contributed by atoms with Gasteiger partial charge in [-0.15, -0.1) is 0 Å². The molecule has 1 saturated heterocycles. The summed E-state index contributed by atoms with van der Waals surface area (Å²) in [5.41, 5.74) is 0. The molecule has 3 nitrogen and oxygen atoms in total. The summed E-state index contributed by atoms with van der Waals surface area (Å²) < 4.78 is 15.3. The van der Waals surface area contributed by atoms with Crippen LogP contribution < -0.4 is 0 Å². The molecule has 0 spiro atoms. The lowest BCUT2D eigenvalue weighted by atomic mass is 10.1. The summed E-state index contributed by atoms with van der Waals surface area (Å²) in [4.78, 5) is 0. The molecule has 1 aliphatic rings. The molecule has 5 heteroatoms. The van der Waals surface area contributed by atoms with Crippen LogP contribution >= 0.6 is 0 Å². The van der Waals surface area contributed by atoms with Crippen LogP contribution in [0.4, 0.5) is 0 Å². The summed E-state index contributed by atoms with van der Waals surface area (Å²) >= 11 is 0. The van der Waals surface area contributed by atoms with Gasteiger partial charge in [0, 0.05) is 0 Å². The van der Waals surface area contributed by atoms with Crippen molar-refractivity contribution in [3.05, 3.63) is 0 Å². The highest BCUT2D eigenvalue weighted by Crippen LogP contribution is 2.12. The van der Waals surface area contributed by atoms with Crippen LogP contribution in [0, 0.1) is 0 Å². The van der Waals surface area contributed by atoms with E-state index in [0.717, 1.165) is 6.04 Å². The lowest BCUT2D eigenvalue weighted by Crippen LogP contribution is -2.13. The minimum Gasteiger partial charge on any atom is -0.418 e. The van der Waals surface area contributed by atoms with Crippen molar-refractivity contribution >= 4 is 19.3 Å². The molecule has 0 amide bonds. The van der Waals surface area contributed by atoms with E-state index in [1.807, 2.05) is 0 Å². The van der Waals surface area contributed by atoms with Gasteiger partial charge in [-0.25, -0.2) is 0 Å². The van der Waals surface area contributed by atoms with E-state index >= 15 is 0 Å². The zero-order chi connectivity index (χ0) is 9.36. The summed E-state index contributed by atoms with van der Waals surface area (Å²) in [6.45, 7) is 2.25. The van der Waals surface area contributed by atoms with Crippen LogP contribution in [0.25, 0.3) is 0 Å². The predicted molar refractivity (Wildman–Crippen MR) is 57.1 cm³/mol. The minimum absolute atomic E-state index is 0.712. The van der Waals surface area contributed by atoms with Crippen molar-refractivity contribution in [2.75, 3.05) is 0 Å². The van der Waals surface area contributed by atoms with Gasteiger partial charge in [0.25, 0.3) is 0 Å². The van der Waals surface area contributed by atoms with Crippen molar-refractivity contribution < 1.29 is 13.3 Å². The number of hydrogen-bond acceptors (Lipinski definition) is 3. The van der Waals surface area contributed by atoms with E-state index < -0.39 is 19.3 Å². The first kappa shape index (κ1) is 11.4. The Morgan fingerprint density at radius 2 is 1.85 bits per heavy atom. The van der Waals surface area contributed by atoms with E-state index in [0.29, 0.717) is 0 Å². The molecule has 1 heterocycles. The minimum atomic E-state index is -1.30. The van der Waals surface area contributed by atoms with Crippen molar-refractivity contribution in [2.24, 2.45) is 0 Å². The molecule has 0 bridgehead atoms. The van der Waals surface area contributed by atoms with E-state index in [1.165, 1.54) is 38.5 Å². The highest BCUT2D eigenvalue weighted by molar-refractivity contribution is 6.53. The van der Waals surface area contributed by atoms with Gasteiger partial charge < -0.3 is 4.12 Å². The fraction of sp³-hybridized carbons (Fsp3) is 1.00. The maximum Gasteiger partial charge on any atom is 0.349 e. The second kappa shape index (κ2) is 7.69. The molecule has 0 aromatic carbocycles. The monoisotopic (exact) mass is 220 g/mol. The molecule has 1 fully saturated rings. The van der Waals surface area contributed by atoms with E-state index in [9.17, 15) is 0 Å². The van der Waals surface area contributed by atoms with Gasteiger partial charge in [0.2, 0.25) is 0 Å². The van der Waals surface area contributed by atoms with E-state index in [4.69, 9.17) is 13.3 Å². The topological polar surface area (TPSA) is 27.7 Å². The van der Waals surface area contributed by atoms with Crippen LogP contribution in [0.15, 0.2) is 0 Å². The fourth-order valence-corrected chi connectivity index (χ4v) is 4.72. The molecule has 1 rings (SSSR count). The zero-order valence-corrected chi connectivity index (χ0v) is 11.0. The third kappa shape index (κ3) is 5.59. The Balaban J connectivity index is 1.78. The van der Waals surface area contributed by atoms with Gasteiger partial charge in [0.1, 0.15) is 0 Å². The molecule has 0 radical (unpaired) electrons. The van der Waals surface area contributed by atoms with Gasteiger partial charge in [0.05, 0.1) is 0 Å². The molecular weight excluding hydrogens is 200 g/mol. The van der Waals surface area contributed by atoms with Crippen molar-refractivity contribution in [3.63, 3.8) is 0 Å². The number of rotatable bonds is 7. The van der Waals surface area contributed by atoms with Crippen molar-refractivity contribution in [3.8, 4) is 0 Å². The molecular formula is C8H20O3Si2. The van der Waals surface area contributed by atoms with Gasteiger partial charge in [-0.05, 0) is 6.04 Å². The third-order valence-corrected chi connectivity index (χ3v) is 6.04. The highest BCUT2D eigenvalue weighted by Gasteiger charge is 2.20. The number of unbranched alkanes of at least 4 members (excludes halogenated alkanes) is 5. The Morgan fingerprint density at radius 1 is 1.08 bits per heavy atom. The third-order valence-electron chi connectivity index (χ3n) is 2.27. The lowest BCUT2D eigenvalue weighted by molar-refractivity contribution is -0.0927. The second-order valence-electron chi connectivity index (χ2n) is 3.48. The molecule has 1 aliphatic heterocycles. The summed E-state index contributed by atoms with van der Waals surface area (Å²) in [6.07, 6.45) is 8.05. The van der Waals surface area contributed by atoms with E-state index in [-0.39, 0.29) is 0 Å². The molecule has 1 unspecified atom stereocenters. The highest BCUT2D eigenvalue weighted by atomic mass is 28.4. The van der Waals surface area contributed by atoms with Crippen LogP contribution in [0.1, 0.15) is 45.4 Å². The van der Waals surface area contributed by atoms with Gasteiger partial charge in [-0.2, -0.15) is 0 Å². The molecule has 0 aliphatic carbocycles. The maximum atomic E-state index is 5.41. The van der Waals surface area contributed by atoms with Crippen LogP contribution in [-0.2, 0) is 13.3 Å². The normalized spacial score (nSPS) is 24.2. The standard InChI is InChI=1S/C8H20O3Si2/c1-2-3-4-5-6-7-8-13-10-9-12-11-13/h13H,2-8,12H2,1H3. The molecule has 0 saturated carbocycles. The molecule has 78 valence electrons. The van der Waals surface area contributed by atoms with Crippen LogP contribution in [0.5, 0.6) is 0 Å². The molecule has 0 aromatic heterocycles. The SMILES string of the molecule is CCCCCCCC[SiH]1OO[SiH2]O1. The van der Waals surface area contributed by atoms with E-state index in [1.54, 1.807) is 0 Å². The molecule has 0 aromatic rings. The Morgan fingerprint density at radius 3 is 2.54 bits per heavy atom. The average Bonchev–Trinajstić information content (AvgIpc) is 2.63. The predicted octanol–water partition coefficient (Wildman–Crippen LogP) is 1.54. The first-order valence-corrected chi connectivity index (χ1v) is 8.24. The summed E-state index contributed by atoms with van der Waals surface area (Å²) in [5, 5.41) is 0. The smallest absolute Gasteiger partial charge is 0.349 e. The summed E-state index contributed by atoms with van der Waals surface area (Å²) in [5.74, 6) is 0. The van der Waals surface area contributed by atoms with Gasteiger partial charge >= 0.3 is 19.3 Å². The van der Waals surface area contributed by atoms with Crippen molar-refractivity contribution in [2.45, 2.75) is 51.5 Å². The Labute approximate surface area is 84.6 Å². The lowest BCUT2D eigenvalue weighted by Gasteiger charge is -2.03. The number of hydrogen-bond donors (Lipinski definition) is 0. The van der Waals surface area contributed by atoms with Gasteiger partial charge in [0.15, 0.2) is 0 Å². The summed E-state index contributed by atoms with van der Waals surface area (Å²) in [6, 6.07) is 1.14. The van der Waals surface area contributed by atoms with Crippen LogP contribution in [-0.4, -0.2) is 19.3 Å². The zero-order valence-electron chi connectivity index (χ0n) is 8.46. The maximum absolute atomic E-state index is 5.41. The first-order valence-electron chi connectivity index (χ1n) is 5.33. The summed E-state index contributed by atoms with van der Waals surface area (Å²) in [7, 11) is -2.01. The molecule has 1 atom stereocenters. The Hall–Kier alpha value is 0.314. The van der Waals surface area contributed by atoms with E-state index in [2.05, 4.69) is 6.92 Å². The van der Waals surface area contributed by atoms with Gasteiger partial charge in [-0.3, -0.25) is 9.15 Å². The van der Waals surface area contributed by atoms with Crippen LogP contribution in [0.3, 0.4) is 0 Å². The largest absolute Gasteiger partial charge is 0.418 e. The molecule has 0 N–H and O–H groups in total. The first-order chi connectivity index (χ1) is 6.43.